The van der Waals surface area contributed by atoms with Gasteiger partial charge in [0.05, 0.1) is 0 Å². The molecule has 0 amide bonds. The molecule has 0 bridgehead atoms. The number of hydrogen-bond donors (Lipinski definition) is 2. The van der Waals surface area contributed by atoms with Gasteiger partial charge < -0.3 is 5.73 Å². The van der Waals surface area contributed by atoms with E-state index in [0.717, 1.165) is 12.2 Å². The van der Waals surface area contributed by atoms with E-state index in [1.807, 2.05) is 43.4 Å². The molecule has 1 aromatic carbocycles. The van der Waals surface area contributed by atoms with Gasteiger partial charge in [-0.15, -0.1) is 12.4 Å². The Morgan fingerprint density at radius 3 is 2.62 bits per heavy atom. The summed E-state index contributed by atoms with van der Waals surface area (Å²) < 4.78 is 0. The molecule has 3 N–H and O–H groups in total. The second-order valence-electron chi connectivity index (χ2n) is 2.97. The molecule has 0 saturated heterocycles. The maximum Gasteiger partial charge on any atom is 0.0354 e. The van der Waals surface area contributed by atoms with Crippen molar-refractivity contribution in [3.05, 3.63) is 29.8 Å². The molecule has 13 heavy (non-hydrogen) atoms. The van der Waals surface area contributed by atoms with Crippen molar-refractivity contribution in [1.82, 2.24) is 10.4 Å². The summed E-state index contributed by atoms with van der Waals surface area (Å²) in [5.41, 5.74) is 10.8. The van der Waals surface area contributed by atoms with Crippen LogP contribution in [-0.4, -0.2) is 19.1 Å². The number of hydrogen-bond acceptors (Lipinski definition) is 3. The zero-order valence-electron chi connectivity index (χ0n) is 7.95. The molecule has 0 radical (unpaired) electrons. The highest BCUT2D eigenvalue weighted by atomic mass is 35.5. The van der Waals surface area contributed by atoms with E-state index < -0.39 is 0 Å². The van der Waals surface area contributed by atoms with Crippen LogP contribution in [0.4, 0.5) is 5.69 Å². The predicted molar refractivity (Wildman–Crippen MR) is 58.6 cm³/mol. The van der Waals surface area contributed by atoms with Crippen LogP contribution in [0.3, 0.4) is 0 Å². The highest BCUT2D eigenvalue weighted by Gasteiger charge is 1.92. The molecule has 3 nitrogen and oxygen atoms in total. The van der Waals surface area contributed by atoms with Crippen molar-refractivity contribution in [2.24, 2.45) is 0 Å². The van der Waals surface area contributed by atoms with E-state index in [9.17, 15) is 0 Å². The topological polar surface area (TPSA) is 41.3 Å². The number of nitrogens with zero attached hydrogens (tertiary/aromatic N) is 1. The number of nitrogens with one attached hydrogen (secondary N) is 1. The fourth-order valence-corrected chi connectivity index (χ4v) is 0.952. The molecular formula is C9H16ClN3. The third kappa shape index (κ3) is 4.72. The first-order valence-corrected chi connectivity index (χ1v) is 3.94. The Kier molecular flexibility index (Phi) is 5.46. The Hall–Kier alpha value is -0.770. The lowest BCUT2D eigenvalue weighted by atomic mass is 10.2. The molecule has 0 spiro atoms. The third-order valence-electron chi connectivity index (χ3n) is 1.55. The van der Waals surface area contributed by atoms with E-state index >= 15 is 0 Å². The first-order chi connectivity index (χ1) is 5.68. The van der Waals surface area contributed by atoms with Gasteiger partial charge in [-0.1, -0.05) is 12.1 Å². The van der Waals surface area contributed by atoms with E-state index in [1.165, 1.54) is 5.56 Å². The molecule has 0 aliphatic rings. The van der Waals surface area contributed by atoms with E-state index in [2.05, 4.69) is 5.43 Å². The summed E-state index contributed by atoms with van der Waals surface area (Å²) in [4.78, 5) is 0. The van der Waals surface area contributed by atoms with Gasteiger partial charge in [0.15, 0.2) is 0 Å². The van der Waals surface area contributed by atoms with Crippen molar-refractivity contribution >= 4 is 18.1 Å². The zero-order chi connectivity index (χ0) is 8.97. The molecule has 0 aliphatic heterocycles. The number of rotatable bonds is 3. The van der Waals surface area contributed by atoms with Gasteiger partial charge in [0, 0.05) is 26.3 Å². The number of hydrazine groups is 1. The van der Waals surface area contributed by atoms with Gasteiger partial charge in [-0.05, 0) is 17.7 Å². The van der Waals surface area contributed by atoms with Crippen LogP contribution in [0, 0.1) is 0 Å². The molecule has 0 aliphatic carbocycles. The SMILES string of the molecule is CN(C)NCc1cccc(N)c1.Cl. The average Bonchev–Trinajstić information content (AvgIpc) is 2.01. The minimum absolute atomic E-state index is 0. The van der Waals surface area contributed by atoms with Crippen molar-refractivity contribution < 1.29 is 0 Å². The summed E-state index contributed by atoms with van der Waals surface area (Å²) in [6, 6.07) is 7.87. The second kappa shape index (κ2) is 5.80. The van der Waals surface area contributed by atoms with Gasteiger partial charge in [0.2, 0.25) is 0 Å². The van der Waals surface area contributed by atoms with Crippen molar-refractivity contribution in [2.75, 3.05) is 19.8 Å². The first-order valence-electron chi connectivity index (χ1n) is 3.94. The molecule has 74 valence electrons. The second-order valence-corrected chi connectivity index (χ2v) is 2.97. The Labute approximate surface area is 85.3 Å². The molecule has 1 aromatic rings. The molecular weight excluding hydrogens is 186 g/mol. The van der Waals surface area contributed by atoms with Crippen molar-refractivity contribution in [3.63, 3.8) is 0 Å². The molecule has 0 heterocycles. The summed E-state index contributed by atoms with van der Waals surface area (Å²) in [5, 5.41) is 1.92. The lowest BCUT2D eigenvalue weighted by Crippen LogP contribution is -2.29. The summed E-state index contributed by atoms with van der Waals surface area (Å²) in [5.74, 6) is 0. The molecule has 0 aromatic heterocycles. The van der Waals surface area contributed by atoms with Gasteiger partial charge in [0.25, 0.3) is 0 Å². The molecule has 1 rings (SSSR count). The number of nitrogens with two attached hydrogens (primary N) is 1. The van der Waals surface area contributed by atoms with Crippen LogP contribution >= 0.6 is 12.4 Å². The van der Waals surface area contributed by atoms with Crippen LogP contribution in [0.2, 0.25) is 0 Å². The standard InChI is InChI=1S/C9H15N3.ClH/c1-12(2)11-7-8-4-3-5-9(10)6-8;/h3-6,11H,7,10H2,1-2H3;1H. The van der Waals surface area contributed by atoms with E-state index in [4.69, 9.17) is 5.73 Å². The predicted octanol–water partition coefficient (Wildman–Crippen LogP) is 1.26. The number of benzene rings is 1. The minimum atomic E-state index is 0. The van der Waals surface area contributed by atoms with E-state index in [-0.39, 0.29) is 12.4 Å². The van der Waals surface area contributed by atoms with Crippen LogP contribution in [0.25, 0.3) is 0 Å². The molecule has 0 unspecified atom stereocenters. The first kappa shape index (κ1) is 12.2. The van der Waals surface area contributed by atoms with E-state index in [0.29, 0.717) is 0 Å². The van der Waals surface area contributed by atoms with Gasteiger partial charge in [-0.25, -0.2) is 0 Å². The lowest BCUT2D eigenvalue weighted by molar-refractivity contribution is 0.286. The van der Waals surface area contributed by atoms with Crippen molar-refractivity contribution in [1.29, 1.82) is 0 Å². The smallest absolute Gasteiger partial charge is 0.0354 e. The van der Waals surface area contributed by atoms with Crippen molar-refractivity contribution in [2.45, 2.75) is 6.54 Å². The van der Waals surface area contributed by atoms with E-state index in [1.54, 1.807) is 0 Å². The number of nitrogen functional groups attached to an aromatic ring is 1. The summed E-state index contributed by atoms with van der Waals surface area (Å²) in [6.07, 6.45) is 0. The lowest BCUT2D eigenvalue weighted by Gasteiger charge is -2.11. The van der Waals surface area contributed by atoms with Gasteiger partial charge in [-0.2, -0.15) is 0 Å². The Morgan fingerprint density at radius 1 is 1.38 bits per heavy atom. The summed E-state index contributed by atoms with van der Waals surface area (Å²) in [6.45, 7) is 0.818. The zero-order valence-corrected chi connectivity index (χ0v) is 8.77. The van der Waals surface area contributed by atoms with Crippen LogP contribution in [0.15, 0.2) is 24.3 Å². The largest absolute Gasteiger partial charge is 0.399 e. The van der Waals surface area contributed by atoms with Crippen LogP contribution in [0.1, 0.15) is 5.56 Å². The summed E-state index contributed by atoms with van der Waals surface area (Å²) >= 11 is 0. The van der Waals surface area contributed by atoms with Gasteiger partial charge >= 0.3 is 0 Å². The van der Waals surface area contributed by atoms with Gasteiger partial charge in [-0.3, -0.25) is 10.4 Å². The van der Waals surface area contributed by atoms with Crippen LogP contribution < -0.4 is 11.2 Å². The average molecular weight is 202 g/mol. The normalized spacial score (nSPS) is 9.77. The quantitative estimate of drug-likeness (QED) is 0.572. The molecule has 0 atom stereocenters. The van der Waals surface area contributed by atoms with Crippen LogP contribution in [-0.2, 0) is 6.54 Å². The maximum atomic E-state index is 5.62. The van der Waals surface area contributed by atoms with Crippen LogP contribution in [0.5, 0.6) is 0 Å². The number of halogens is 1. The monoisotopic (exact) mass is 201 g/mol. The maximum absolute atomic E-state index is 5.62. The fraction of sp³-hybridized carbons (Fsp3) is 0.333. The molecule has 0 saturated carbocycles. The Bertz CT molecular complexity index is 250. The molecule has 4 heteroatoms. The third-order valence-corrected chi connectivity index (χ3v) is 1.55. The highest BCUT2D eigenvalue weighted by Crippen LogP contribution is 2.05. The highest BCUT2D eigenvalue weighted by molar-refractivity contribution is 5.85. The summed E-state index contributed by atoms with van der Waals surface area (Å²) in [7, 11) is 3.93. The van der Waals surface area contributed by atoms with Gasteiger partial charge in [0.1, 0.15) is 0 Å². The Morgan fingerprint density at radius 2 is 2.08 bits per heavy atom. The minimum Gasteiger partial charge on any atom is -0.399 e. The molecule has 0 fully saturated rings. The number of anilines is 1. The van der Waals surface area contributed by atoms with Crippen molar-refractivity contribution in [3.8, 4) is 0 Å². The fourth-order valence-electron chi connectivity index (χ4n) is 0.952. The Balaban J connectivity index is 0.00000144.